The number of benzene rings is 1. The molecule has 1 fully saturated rings. The first-order valence-electron chi connectivity index (χ1n) is 12.2. The average molecular weight is 463 g/mol. The lowest BCUT2D eigenvalue weighted by Crippen LogP contribution is -2.48. The zero-order valence-corrected chi connectivity index (χ0v) is 19.8. The van der Waals surface area contributed by atoms with Crippen molar-refractivity contribution in [1.82, 2.24) is 30.3 Å². The highest BCUT2D eigenvalue weighted by Crippen LogP contribution is 2.41. The highest BCUT2D eigenvalue weighted by atomic mass is 19.1. The Morgan fingerprint density at radius 2 is 2.09 bits per heavy atom. The van der Waals surface area contributed by atoms with E-state index in [-0.39, 0.29) is 11.7 Å². The third kappa shape index (κ3) is 4.54. The molecule has 0 bridgehead atoms. The first-order chi connectivity index (χ1) is 16.5. The number of nitrogens with one attached hydrogen (secondary N) is 2. The Bertz CT molecular complexity index is 1210. The van der Waals surface area contributed by atoms with Crippen molar-refractivity contribution < 1.29 is 9.18 Å². The second kappa shape index (κ2) is 9.16. The normalized spacial score (nSPS) is 20.6. The Hall–Kier alpha value is -3.29. The van der Waals surface area contributed by atoms with Crippen LogP contribution < -0.4 is 5.32 Å². The van der Waals surface area contributed by atoms with E-state index in [1.165, 1.54) is 19.2 Å². The maximum absolute atomic E-state index is 15.4. The molecular weight excluding hydrogens is 431 g/mol. The lowest BCUT2D eigenvalue weighted by molar-refractivity contribution is -0.117. The number of aryl methyl sites for hydroxylation is 1. The minimum atomic E-state index is -0.914. The predicted octanol–water partition coefficient (Wildman–Crippen LogP) is 4.63. The first-order valence-corrected chi connectivity index (χ1v) is 12.2. The molecule has 3 aromatic rings. The van der Waals surface area contributed by atoms with Crippen molar-refractivity contribution in [3.63, 3.8) is 0 Å². The fraction of sp³-hybridized carbons (Fsp3) is 0.462. The highest BCUT2D eigenvalue weighted by Gasteiger charge is 2.41. The van der Waals surface area contributed by atoms with Gasteiger partial charge in [0.15, 0.2) is 5.82 Å². The van der Waals surface area contributed by atoms with E-state index in [0.29, 0.717) is 35.0 Å². The van der Waals surface area contributed by atoms with Crippen LogP contribution in [0, 0.1) is 11.7 Å². The summed E-state index contributed by atoms with van der Waals surface area (Å²) in [7, 11) is 0. The van der Waals surface area contributed by atoms with Crippen LogP contribution in [-0.2, 0) is 23.3 Å². The van der Waals surface area contributed by atoms with Gasteiger partial charge in [0.2, 0.25) is 0 Å². The van der Waals surface area contributed by atoms with Crippen LogP contribution in [0.1, 0.15) is 75.0 Å². The molecule has 1 atom stereocenters. The lowest BCUT2D eigenvalue weighted by atomic mass is 9.79. The molecule has 1 aromatic carbocycles. The number of aromatic nitrogens is 5. The van der Waals surface area contributed by atoms with Crippen LogP contribution in [-0.4, -0.2) is 30.9 Å². The summed E-state index contributed by atoms with van der Waals surface area (Å²) in [6.07, 6.45) is 10.3. The molecule has 1 unspecified atom stereocenters. The number of unbranched alkanes of at least 4 members (excludes halogenated alkanes) is 2. The molecule has 1 amide bonds. The van der Waals surface area contributed by atoms with Crippen molar-refractivity contribution in [3.8, 4) is 0 Å². The van der Waals surface area contributed by atoms with Crippen molar-refractivity contribution in [2.24, 2.45) is 5.92 Å². The van der Waals surface area contributed by atoms with Gasteiger partial charge in [0, 0.05) is 24.7 Å². The number of hydrogen-bond acceptors (Lipinski definition) is 4. The van der Waals surface area contributed by atoms with Gasteiger partial charge in [-0.15, -0.1) is 0 Å². The molecule has 8 heteroatoms. The standard InChI is InChI=1S/C26H31FN6O/c1-3-4-5-6-17-9-10-20(21(27)13-17)26(2)14-19(22-11-12-33(32-22)15-18-7-8-18)23(25(34)30-26)24-28-16-29-31-24/h9-13,16,18H,3-8,14-15H2,1-2H3,(H,30,34)(H,28,29,31). The van der Waals surface area contributed by atoms with Gasteiger partial charge < -0.3 is 5.32 Å². The number of carbonyl (C=O) groups excluding carboxylic acids is 1. The Balaban J connectivity index is 1.50. The number of amides is 1. The molecule has 7 nitrogen and oxygen atoms in total. The summed E-state index contributed by atoms with van der Waals surface area (Å²) < 4.78 is 17.3. The van der Waals surface area contributed by atoms with Crippen molar-refractivity contribution in [3.05, 3.63) is 65.3 Å². The number of rotatable bonds is 9. The minimum Gasteiger partial charge on any atom is -0.342 e. The molecule has 3 heterocycles. The molecule has 2 N–H and O–H groups in total. The van der Waals surface area contributed by atoms with Gasteiger partial charge in [-0.1, -0.05) is 31.9 Å². The summed E-state index contributed by atoms with van der Waals surface area (Å²) >= 11 is 0. The van der Waals surface area contributed by atoms with Gasteiger partial charge in [-0.05, 0) is 61.8 Å². The van der Waals surface area contributed by atoms with Gasteiger partial charge in [-0.25, -0.2) is 9.37 Å². The minimum absolute atomic E-state index is 0.293. The number of H-pyrrole nitrogens is 1. The molecule has 0 spiro atoms. The molecule has 2 aliphatic rings. The van der Waals surface area contributed by atoms with Crippen LogP contribution in [0.15, 0.2) is 36.8 Å². The average Bonchev–Trinajstić information content (AvgIpc) is 3.24. The molecule has 0 saturated heterocycles. The van der Waals surface area contributed by atoms with Crippen molar-refractivity contribution in [2.75, 3.05) is 0 Å². The van der Waals surface area contributed by atoms with Crippen LogP contribution in [0.2, 0.25) is 0 Å². The Morgan fingerprint density at radius 3 is 2.79 bits per heavy atom. The van der Waals surface area contributed by atoms with Crippen molar-refractivity contribution >= 4 is 17.1 Å². The van der Waals surface area contributed by atoms with E-state index >= 15 is 4.39 Å². The second-order valence-electron chi connectivity index (χ2n) is 9.79. The predicted molar refractivity (Wildman–Crippen MR) is 128 cm³/mol. The molecule has 1 aliphatic heterocycles. The van der Waals surface area contributed by atoms with Crippen LogP contribution in [0.3, 0.4) is 0 Å². The van der Waals surface area contributed by atoms with E-state index in [0.717, 1.165) is 43.4 Å². The van der Waals surface area contributed by atoms with E-state index in [9.17, 15) is 4.79 Å². The number of aromatic amines is 1. The maximum atomic E-state index is 15.4. The molecule has 5 rings (SSSR count). The molecule has 2 aromatic heterocycles. The zero-order chi connectivity index (χ0) is 23.7. The third-order valence-corrected chi connectivity index (χ3v) is 6.89. The smallest absolute Gasteiger partial charge is 0.256 e. The van der Waals surface area contributed by atoms with Crippen LogP contribution in [0.25, 0.3) is 11.1 Å². The lowest BCUT2D eigenvalue weighted by Gasteiger charge is -2.37. The van der Waals surface area contributed by atoms with E-state index in [1.54, 1.807) is 6.07 Å². The quantitative estimate of drug-likeness (QED) is 0.454. The number of nitrogens with zero attached hydrogens (tertiary/aromatic N) is 4. The van der Waals surface area contributed by atoms with Crippen LogP contribution in [0.4, 0.5) is 4.39 Å². The van der Waals surface area contributed by atoms with E-state index < -0.39 is 5.54 Å². The Labute approximate surface area is 198 Å². The van der Waals surface area contributed by atoms with Crippen molar-refractivity contribution in [2.45, 2.75) is 70.9 Å². The molecule has 178 valence electrons. The Kier molecular flexibility index (Phi) is 6.06. The van der Waals surface area contributed by atoms with Gasteiger partial charge >= 0.3 is 0 Å². The molecule has 1 saturated carbocycles. The molecule has 0 radical (unpaired) electrons. The molecule has 34 heavy (non-hydrogen) atoms. The van der Waals surface area contributed by atoms with Gasteiger partial charge in [-0.3, -0.25) is 14.6 Å². The first kappa shape index (κ1) is 22.5. The Morgan fingerprint density at radius 1 is 1.24 bits per heavy atom. The number of hydrogen-bond donors (Lipinski definition) is 2. The fourth-order valence-corrected chi connectivity index (χ4v) is 4.82. The number of halogens is 1. The summed E-state index contributed by atoms with van der Waals surface area (Å²) in [4.78, 5) is 17.6. The topological polar surface area (TPSA) is 88.5 Å². The van der Waals surface area contributed by atoms with E-state index in [2.05, 4.69) is 27.4 Å². The van der Waals surface area contributed by atoms with Gasteiger partial charge in [-0.2, -0.15) is 10.2 Å². The maximum Gasteiger partial charge on any atom is 0.256 e. The molecule has 1 aliphatic carbocycles. The van der Waals surface area contributed by atoms with E-state index in [4.69, 9.17) is 5.10 Å². The van der Waals surface area contributed by atoms with E-state index in [1.807, 2.05) is 36.0 Å². The van der Waals surface area contributed by atoms with Gasteiger partial charge in [0.05, 0.1) is 16.8 Å². The second-order valence-corrected chi connectivity index (χ2v) is 9.79. The van der Waals surface area contributed by atoms with Gasteiger partial charge in [0.1, 0.15) is 12.1 Å². The highest BCUT2D eigenvalue weighted by molar-refractivity contribution is 6.27. The summed E-state index contributed by atoms with van der Waals surface area (Å²) in [6.45, 7) is 4.91. The van der Waals surface area contributed by atoms with Crippen LogP contribution >= 0.6 is 0 Å². The summed E-state index contributed by atoms with van der Waals surface area (Å²) in [5.41, 5.74) is 2.41. The molecular formula is C26H31FN6O. The van der Waals surface area contributed by atoms with Gasteiger partial charge in [0.25, 0.3) is 5.91 Å². The zero-order valence-electron chi connectivity index (χ0n) is 19.8. The largest absolute Gasteiger partial charge is 0.342 e. The van der Waals surface area contributed by atoms with Crippen LogP contribution in [0.5, 0.6) is 0 Å². The SMILES string of the molecule is CCCCCc1ccc(C2(C)CC(c3ccn(CC4CC4)n3)=C(c3ncn[nH]3)C(=O)N2)c(F)c1. The summed E-state index contributed by atoms with van der Waals surface area (Å²) in [5.74, 6) is 0.459. The number of carbonyl (C=O) groups is 1. The summed E-state index contributed by atoms with van der Waals surface area (Å²) in [6, 6.07) is 7.34. The monoisotopic (exact) mass is 462 g/mol. The fourth-order valence-electron chi connectivity index (χ4n) is 4.82. The third-order valence-electron chi connectivity index (χ3n) is 6.89. The van der Waals surface area contributed by atoms with Crippen molar-refractivity contribution in [1.29, 1.82) is 0 Å². The summed E-state index contributed by atoms with van der Waals surface area (Å²) in [5, 5.41) is 14.6.